The maximum atomic E-state index is 12.3. The molecule has 0 spiro atoms. The number of rotatable bonds is 5. The molecule has 0 aliphatic carbocycles. The SMILES string of the molecule is Cc1ccc(OCC(O)Cn2c(=O)n(C)c3ccccc32)cc1. The first kappa shape index (κ1) is 15.4. The average molecular weight is 312 g/mol. The molecule has 0 aliphatic rings. The van der Waals surface area contributed by atoms with Gasteiger partial charge in [-0.15, -0.1) is 0 Å². The van der Waals surface area contributed by atoms with Gasteiger partial charge in [0.1, 0.15) is 18.5 Å². The quantitative estimate of drug-likeness (QED) is 0.785. The van der Waals surface area contributed by atoms with Crippen molar-refractivity contribution in [3.05, 3.63) is 64.6 Å². The Hall–Kier alpha value is -2.53. The maximum Gasteiger partial charge on any atom is 0.328 e. The van der Waals surface area contributed by atoms with Crippen molar-refractivity contribution in [3.63, 3.8) is 0 Å². The first-order valence-corrected chi connectivity index (χ1v) is 7.58. The molecule has 0 saturated carbocycles. The number of hydrogen-bond acceptors (Lipinski definition) is 3. The van der Waals surface area contributed by atoms with Crippen molar-refractivity contribution in [1.82, 2.24) is 9.13 Å². The predicted molar refractivity (Wildman–Crippen MR) is 89.9 cm³/mol. The standard InChI is InChI=1S/C18H20N2O3/c1-13-7-9-15(10-8-13)23-12-14(21)11-20-17-6-4-3-5-16(17)19(2)18(20)22/h3-10,14,21H,11-12H2,1-2H3. The Morgan fingerprint density at radius 3 is 2.43 bits per heavy atom. The lowest BCUT2D eigenvalue weighted by Crippen LogP contribution is -2.30. The molecule has 23 heavy (non-hydrogen) atoms. The fourth-order valence-electron chi connectivity index (χ4n) is 2.63. The Morgan fingerprint density at radius 2 is 1.74 bits per heavy atom. The zero-order chi connectivity index (χ0) is 16.4. The van der Waals surface area contributed by atoms with Crippen LogP contribution in [0.2, 0.25) is 0 Å². The minimum Gasteiger partial charge on any atom is -0.491 e. The highest BCUT2D eigenvalue weighted by Crippen LogP contribution is 2.14. The lowest BCUT2D eigenvalue weighted by molar-refractivity contribution is 0.0925. The van der Waals surface area contributed by atoms with Crippen molar-refractivity contribution >= 4 is 11.0 Å². The average Bonchev–Trinajstić information content (AvgIpc) is 2.80. The second-order valence-corrected chi connectivity index (χ2v) is 5.72. The summed E-state index contributed by atoms with van der Waals surface area (Å²) in [5.74, 6) is 0.708. The Morgan fingerprint density at radius 1 is 1.09 bits per heavy atom. The molecule has 0 bridgehead atoms. The summed E-state index contributed by atoms with van der Waals surface area (Å²) in [6, 6.07) is 15.2. The number of aromatic nitrogens is 2. The van der Waals surface area contributed by atoms with Crippen molar-refractivity contribution in [1.29, 1.82) is 0 Å². The molecule has 0 aliphatic heterocycles. The third-order valence-corrected chi connectivity index (χ3v) is 3.91. The molecule has 1 N–H and O–H groups in total. The summed E-state index contributed by atoms with van der Waals surface area (Å²) in [7, 11) is 1.73. The van der Waals surface area contributed by atoms with Gasteiger partial charge in [0.05, 0.1) is 17.6 Å². The van der Waals surface area contributed by atoms with E-state index in [-0.39, 0.29) is 18.8 Å². The van der Waals surface area contributed by atoms with E-state index in [0.717, 1.165) is 16.6 Å². The molecule has 1 unspecified atom stereocenters. The van der Waals surface area contributed by atoms with Crippen LogP contribution < -0.4 is 10.4 Å². The first-order valence-electron chi connectivity index (χ1n) is 7.58. The number of fused-ring (bicyclic) bond motifs is 1. The number of para-hydroxylation sites is 2. The molecule has 1 aromatic heterocycles. The summed E-state index contributed by atoms with van der Waals surface area (Å²) in [5.41, 5.74) is 2.68. The number of benzene rings is 2. The van der Waals surface area contributed by atoms with Crippen molar-refractivity contribution < 1.29 is 9.84 Å². The highest BCUT2D eigenvalue weighted by Gasteiger charge is 2.14. The summed E-state index contributed by atoms with van der Waals surface area (Å²) in [6.07, 6.45) is -0.764. The van der Waals surface area contributed by atoms with E-state index in [9.17, 15) is 9.90 Å². The number of hydrogen-bond donors (Lipinski definition) is 1. The lowest BCUT2D eigenvalue weighted by atomic mass is 10.2. The van der Waals surface area contributed by atoms with E-state index >= 15 is 0 Å². The molecule has 120 valence electrons. The van der Waals surface area contributed by atoms with Crippen LogP contribution in [0.4, 0.5) is 0 Å². The van der Waals surface area contributed by atoms with Crippen molar-refractivity contribution in [2.45, 2.75) is 19.6 Å². The molecule has 1 heterocycles. The van der Waals surface area contributed by atoms with Crippen LogP contribution in [0, 0.1) is 6.92 Å². The van der Waals surface area contributed by atoms with Crippen LogP contribution in [0.15, 0.2) is 53.3 Å². The second kappa shape index (κ2) is 6.30. The molecule has 0 fully saturated rings. The number of aliphatic hydroxyl groups excluding tert-OH is 1. The largest absolute Gasteiger partial charge is 0.491 e. The van der Waals surface area contributed by atoms with Crippen LogP contribution in [0.3, 0.4) is 0 Å². The number of nitrogens with zero attached hydrogens (tertiary/aromatic N) is 2. The third kappa shape index (κ3) is 3.14. The summed E-state index contributed by atoms with van der Waals surface area (Å²) in [6.45, 7) is 2.34. The fourth-order valence-corrected chi connectivity index (χ4v) is 2.63. The number of aliphatic hydroxyl groups is 1. The molecule has 0 saturated heterocycles. The summed E-state index contributed by atoms with van der Waals surface area (Å²) >= 11 is 0. The Balaban J connectivity index is 1.73. The highest BCUT2D eigenvalue weighted by molar-refractivity contribution is 5.75. The van der Waals surface area contributed by atoms with Gasteiger partial charge in [-0.1, -0.05) is 29.8 Å². The van der Waals surface area contributed by atoms with Gasteiger partial charge in [-0.05, 0) is 31.2 Å². The van der Waals surface area contributed by atoms with Gasteiger partial charge in [0, 0.05) is 7.05 Å². The van der Waals surface area contributed by atoms with E-state index in [1.807, 2.05) is 55.5 Å². The minimum atomic E-state index is -0.764. The van der Waals surface area contributed by atoms with Gasteiger partial charge in [-0.2, -0.15) is 0 Å². The van der Waals surface area contributed by atoms with Gasteiger partial charge in [-0.25, -0.2) is 4.79 Å². The van der Waals surface area contributed by atoms with Crippen LogP contribution in [-0.2, 0) is 13.6 Å². The van der Waals surface area contributed by atoms with E-state index in [1.165, 1.54) is 0 Å². The molecule has 5 heteroatoms. The van der Waals surface area contributed by atoms with Crippen LogP contribution in [0.5, 0.6) is 5.75 Å². The molecule has 3 aromatic rings. The van der Waals surface area contributed by atoms with Crippen molar-refractivity contribution in [3.8, 4) is 5.75 Å². The zero-order valence-electron chi connectivity index (χ0n) is 13.3. The van der Waals surface area contributed by atoms with Gasteiger partial charge in [0.25, 0.3) is 0 Å². The van der Waals surface area contributed by atoms with E-state index in [4.69, 9.17) is 4.74 Å². The van der Waals surface area contributed by atoms with Crippen LogP contribution in [-0.4, -0.2) is 27.0 Å². The zero-order valence-corrected chi connectivity index (χ0v) is 13.3. The molecule has 1 atom stereocenters. The third-order valence-electron chi connectivity index (χ3n) is 3.91. The number of aryl methyl sites for hydroxylation is 2. The number of ether oxygens (including phenoxy) is 1. The predicted octanol–water partition coefficient (Wildman–Crippen LogP) is 2.09. The van der Waals surface area contributed by atoms with Gasteiger partial charge < -0.3 is 9.84 Å². The molecule has 2 aromatic carbocycles. The summed E-state index contributed by atoms with van der Waals surface area (Å²) in [5, 5.41) is 10.2. The van der Waals surface area contributed by atoms with Crippen molar-refractivity contribution in [2.75, 3.05) is 6.61 Å². The van der Waals surface area contributed by atoms with Crippen LogP contribution in [0.25, 0.3) is 11.0 Å². The smallest absolute Gasteiger partial charge is 0.328 e. The topological polar surface area (TPSA) is 56.4 Å². The van der Waals surface area contributed by atoms with Crippen LogP contribution in [0.1, 0.15) is 5.56 Å². The van der Waals surface area contributed by atoms with E-state index in [2.05, 4.69) is 0 Å². The fraction of sp³-hybridized carbons (Fsp3) is 0.278. The Bertz CT molecular complexity index is 862. The van der Waals surface area contributed by atoms with Crippen molar-refractivity contribution in [2.24, 2.45) is 7.05 Å². The van der Waals surface area contributed by atoms with E-state index in [0.29, 0.717) is 5.75 Å². The van der Waals surface area contributed by atoms with Crippen LogP contribution >= 0.6 is 0 Å². The summed E-state index contributed by atoms with van der Waals surface area (Å²) in [4.78, 5) is 12.3. The molecular weight excluding hydrogens is 292 g/mol. The highest BCUT2D eigenvalue weighted by atomic mass is 16.5. The molecule has 3 rings (SSSR count). The summed E-state index contributed by atoms with van der Waals surface area (Å²) < 4.78 is 8.75. The maximum absolute atomic E-state index is 12.3. The molecule has 0 amide bonds. The molecular formula is C18H20N2O3. The Kier molecular flexibility index (Phi) is 4.21. The molecule has 5 nitrogen and oxygen atoms in total. The van der Waals surface area contributed by atoms with E-state index < -0.39 is 6.10 Å². The second-order valence-electron chi connectivity index (χ2n) is 5.72. The first-order chi connectivity index (χ1) is 11.1. The Labute approximate surface area is 134 Å². The lowest BCUT2D eigenvalue weighted by Gasteiger charge is -2.13. The monoisotopic (exact) mass is 312 g/mol. The molecule has 0 radical (unpaired) electrons. The van der Waals surface area contributed by atoms with Gasteiger partial charge in [0.2, 0.25) is 0 Å². The normalized spacial score (nSPS) is 12.5. The van der Waals surface area contributed by atoms with Gasteiger partial charge >= 0.3 is 5.69 Å². The van der Waals surface area contributed by atoms with Gasteiger partial charge in [-0.3, -0.25) is 9.13 Å². The van der Waals surface area contributed by atoms with E-state index in [1.54, 1.807) is 16.2 Å². The number of imidazole rings is 1. The minimum absolute atomic E-state index is 0.138. The van der Waals surface area contributed by atoms with Gasteiger partial charge in [0.15, 0.2) is 0 Å².